The fraction of sp³-hybridized carbons (Fsp3) is 0.143. The number of nitrogens with zero attached hydrogens (tertiary/aromatic N) is 1. The second-order valence-electron chi connectivity index (χ2n) is 3.93. The molecule has 0 atom stereocenters. The topological polar surface area (TPSA) is 80.9 Å². The second-order valence-corrected chi connectivity index (χ2v) is 5.31. The number of carbonyl (C=O) groups is 2. The van der Waals surface area contributed by atoms with E-state index in [1.165, 1.54) is 6.26 Å². The minimum atomic E-state index is -0.489. The summed E-state index contributed by atoms with van der Waals surface area (Å²) in [6.07, 6.45) is 1.24. The summed E-state index contributed by atoms with van der Waals surface area (Å²) in [6, 6.07) is 8.62. The zero-order valence-electron chi connectivity index (χ0n) is 11.6. The Morgan fingerprint density at radius 3 is 2.77 bits per heavy atom. The highest BCUT2D eigenvalue weighted by Gasteiger charge is 2.11. The van der Waals surface area contributed by atoms with Crippen LogP contribution in [0.25, 0.3) is 0 Å². The standard InChI is InChI=1S/C14H12N2O4S2/c1-2-19-12(18)10-8-20-14(22-10)16-13(21)15-11(17)9-6-4-3-5-7-9/h3-8H,2H2,1H3,(H,15,17,21)/b16-14+. The van der Waals surface area contributed by atoms with Crippen LogP contribution in [0.3, 0.4) is 0 Å². The second kappa shape index (κ2) is 7.62. The number of thiocarbonyl (C=S) groups is 1. The Balaban J connectivity index is 2.05. The van der Waals surface area contributed by atoms with Crippen LogP contribution >= 0.6 is 23.6 Å². The first-order chi connectivity index (χ1) is 10.6. The number of hydrogen-bond donors (Lipinski definition) is 1. The van der Waals surface area contributed by atoms with E-state index < -0.39 is 5.97 Å². The molecule has 0 spiro atoms. The third kappa shape index (κ3) is 4.34. The molecule has 0 saturated carbocycles. The number of ether oxygens (including phenoxy) is 1. The lowest BCUT2D eigenvalue weighted by molar-refractivity contribution is 0.0530. The molecule has 0 unspecified atom stereocenters. The lowest BCUT2D eigenvalue weighted by Crippen LogP contribution is -2.28. The summed E-state index contributed by atoms with van der Waals surface area (Å²) in [5.41, 5.74) is 0.468. The molecule has 0 radical (unpaired) electrons. The molecular formula is C14H12N2O4S2. The van der Waals surface area contributed by atoms with Crippen LogP contribution < -0.4 is 10.2 Å². The molecule has 0 bridgehead atoms. The number of hydrogen-bond acceptors (Lipinski definition) is 6. The summed E-state index contributed by atoms with van der Waals surface area (Å²) in [5, 5.41) is 2.42. The number of amides is 1. The van der Waals surface area contributed by atoms with Gasteiger partial charge in [0.15, 0.2) is 4.88 Å². The van der Waals surface area contributed by atoms with Gasteiger partial charge in [0.05, 0.1) is 6.61 Å². The van der Waals surface area contributed by atoms with E-state index in [0.717, 1.165) is 11.3 Å². The lowest BCUT2D eigenvalue weighted by Gasteiger charge is -2.01. The molecule has 2 rings (SSSR count). The maximum absolute atomic E-state index is 11.9. The van der Waals surface area contributed by atoms with Crippen LogP contribution in [0.1, 0.15) is 27.0 Å². The van der Waals surface area contributed by atoms with Crippen molar-refractivity contribution in [2.75, 3.05) is 6.61 Å². The Hall–Kier alpha value is -2.32. The van der Waals surface area contributed by atoms with Crippen molar-refractivity contribution >= 4 is 40.5 Å². The van der Waals surface area contributed by atoms with Gasteiger partial charge in [-0.05, 0) is 31.3 Å². The summed E-state index contributed by atoms with van der Waals surface area (Å²) < 4.78 is 9.94. The molecule has 1 aromatic heterocycles. The monoisotopic (exact) mass is 336 g/mol. The number of benzene rings is 1. The summed E-state index contributed by atoms with van der Waals surface area (Å²) >= 11 is 5.96. The minimum Gasteiger partial charge on any atom is -0.462 e. The number of esters is 1. The molecule has 22 heavy (non-hydrogen) atoms. The van der Waals surface area contributed by atoms with Gasteiger partial charge in [0.1, 0.15) is 6.26 Å². The van der Waals surface area contributed by atoms with Gasteiger partial charge in [-0.2, -0.15) is 4.99 Å². The molecule has 2 aromatic rings. The molecule has 0 aliphatic rings. The van der Waals surface area contributed by atoms with Crippen LogP contribution in [-0.4, -0.2) is 23.6 Å². The van der Waals surface area contributed by atoms with E-state index in [0.29, 0.717) is 5.56 Å². The molecule has 0 aliphatic heterocycles. The van der Waals surface area contributed by atoms with Crippen molar-refractivity contribution in [2.45, 2.75) is 6.92 Å². The van der Waals surface area contributed by atoms with Crippen LogP contribution in [0.5, 0.6) is 0 Å². The number of nitrogens with one attached hydrogen (secondary N) is 1. The van der Waals surface area contributed by atoms with Crippen molar-refractivity contribution in [1.29, 1.82) is 0 Å². The Morgan fingerprint density at radius 1 is 1.36 bits per heavy atom. The van der Waals surface area contributed by atoms with Gasteiger partial charge in [-0.3, -0.25) is 10.1 Å². The average Bonchev–Trinajstić information content (AvgIpc) is 2.96. The predicted molar refractivity (Wildman–Crippen MR) is 84.6 cm³/mol. The maximum Gasteiger partial charge on any atom is 0.351 e. The summed E-state index contributed by atoms with van der Waals surface area (Å²) in [4.78, 5) is 27.7. The van der Waals surface area contributed by atoms with E-state index in [-0.39, 0.29) is 27.4 Å². The van der Waals surface area contributed by atoms with Crippen LogP contribution in [0.2, 0.25) is 0 Å². The fourth-order valence-corrected chi connectivity index (χ4v) is 2.35. The first-order valence-corrected chi connectivity index (χ1v) is 7.53. The molecule has 0 saturated heterocycles. The van der Waals surface area contributed by atoms with Crippen molar-refractivity contribution in [3.63, 3.8) is 0 Å². The first-order valence-electron chi connectivity index (χ1n) is 6.31. The molecule has 6 nitrogen and oxygen atoms in total. The Labute approximate surface area is 135 Å². The Bertz CT molecular complexity index is 749. The van der Waals surface area contributed by atoms with Crippen LogP contribution in [0, 0.1) is 0 Å². The van der Waals surface area contributed by atoms with E-state index in [1.807, 2.05) is 0 Å². The highest BCUT2D eigenvalue weighted by molar-refractivity contribution is 7.80. The zero-order chi connectivity index (χ0) is 15.9. The van der Waals surface area contributed by atoms with Gasteiger partial charge in [-0.1, -0.05) is 29.5 Å². The van der Waals surface area contributed by atoms with E-state index in [1.54, 1.807) is 37.3 Å². The lowest BCUT2D eigenvalue weighted by atomic mass is 10.2. The van der Waals surface area contributed by atoms with Crippen LogP contribution in [-0.2, 0) is 4.74 Å². The highest BCUT2D eigenvalue weighted by Crippen LogP contribution is 2.05. The van der Waals surface area contributed by atoms with E-state index in [4.69, 9.17) is 21.4 Å². The zero-order valence-corrected chi connectivity index (χ0v) is 13.2. The van der Waals surface area contributed by atoms with Gasteiger partial charge < -0.3 is 9.15 Å². The highest BCUT2D eigenvalue weighted by atomic mass is 32.1. The van der Waals surface area contributed by atoms with Gasteiger partial charge in [-0.15, -0.1) is 0 Å². The van der Waals surface area contributed by atoms with Crippen molar-refractivity contribution in [2.24, 2.45) is 4.99 Å². The van der Waals surface area contributed by atoms with E-state index >= 15 is 0 Å². The molecule has 1 N–H and O–H groups in total. The minimum absolute atomic E-state index is 0.0464. The molecule has 8 heteroatoms. The van der Waals surface area contributed by atoms with Crippen molar-refractivity contribution in [3.05, 3.63) is 51.9 Å². The molecule has 0 fully saturated rings. The fourth-order valence-electron chi connectivity index (χ4n) is 1.46. The van der Waals surface area contributed by atoms with Gasteiger partial charge in [-0.25, -0.2) is 4.79 Å². The van der Waals surface area contributed by atoms with Gasteiger partial charge in [0.2, 0.25) is 5.11 Å². The molecule has 114 valence electrons. The molecular weight excluding hydrogens is 324 g/mol. The predicted octanol–water partition coefficient (Wildman–Crippen LogP) is 2.13. The summed E-state index contributed by atoms with van der Waals surface area (Å²) in [6.45, 7) is 1.98. The maximum atomic E-state index is 11.9. The number of carbonyl (C=O) groups excluding carboxylic acids is 2. The largest absolute Gasteiger partial charge is 0.462 e. The van der Waals surface area contributed by atoms with Crippen molar-refractivity contribution in [3.8, 4) is 0 Å². The third-order valence-corrected chi connectivity index (χ3v) is 3.43. The molecule has 1 heterocycles. The SMILES string of the molecule is CCOC(=O)c1co/c(=N\C(=S)NC(=O)c2ccccc2)s1. The third-order valence-electron chi connectivity index (χ3n) is 2.39. The Morgan fingerprint density at radius 2 is 2.09 bits per heavy atom. The summed E-state index contributed by atoms with van der Waals surface area (Å²) in [5.74, 6) is -0.853. The number of rotatable bonds is 3. The normalized spacial score (nSPS) is 11.0. The van der Waals surface area contributed by atoms with E-state index in [2.05, 4.69) is 10.3 Å². The van der Waals surface area contributed by atoms with Gasteiger partial charge >= 0.3 is 5.97 Å². The van der Waals surface area contributed by atoms with Gasteiger partial charge in [0, 0.05) is 5.56 Å². The average molecular weight is 336 g/mol. The van der Waals surface area contributed by atoms with Crippen LogP contribution in [0.15, 0.2) is 46.0 Å². The van der Waals surface area contributed by atoms with Crippen LogP contribution in [0.4, 0.5) is 0 Å². The molecule has 1 amide bonds. The van der Waals surface area contributed by atoms with Gasteiger partial charge in [0.25, 0.3) is 10.8 Å². The molecule has 1 aromatic carbocycles. The first kappa shape index (κ1) is 16.1. The van der Waals surface area contributed by atoms with Crippen molar-refractivity contribution < 1.29 is 18.7 Å². The van der Waals surface area contributed by atoms with E-state index in [9.17, 15) is 9.59 Å². The molecule has 0 aliphatic carbocycles. The van der Waals surface area contributed by atoms with Crippen molar-refractivity contribution in [1.82, 2.24) is 5.32 Å². The smallest absolute Gasteiger partial charge is 0.351 e. The Kier molecular flexibility index (Phi) is 5.56. The summed E-state index contributed by atoms with van der Waals surface area (Å²) in [7, 11) is 0. The quantitative estimate of drug-likeness (QED) is 0.686.